The van der Waals surface area contributed by atoms with Gasteiger partial charge in [-0.1, -0.05) is 18.2 Å². The maximum absolute atomic E-state index is 11.4. The van der Waals surface area contributed by atoms with Gasteiger partial charge in [0.2, 0.25) is 5.91 Å². The molecule has 0 aromatic heterocycles. The molecule has 2 rings (SSSR count). The first-order valence-corrected chi connectivity index (χ1v) is 6.27. The third-order valence-corrected chi connectivity index (χ3v) is 3.52. The molecule has 0 spiro atoms. The molecule has 1 atom stereocenters. The summed E-state index contributed by atoms with van der Waals surface area (Å²) >= 11 is 0. The summed E-state index contributed by atoms with van der Waals surface area (Å²) in [7, 11) is 0. The molecule has 0 aliphatic carbocycles. The van der Waals surface area contributed by atoms with Crippen LogP contribution in [0.4, 0.5) is 0 Å². The normalized spacial score (nSPS) is 20.1. The number of amides is 1. The molecule has 1 amide bonds. The molecular formula is C14H18N2O3. The van der Waals surface area contributed by atoms with Crippen molar-refractivity contribution in [1.82, 2.24) is 10.2 Å². The topological polar surface area (TPSA) is 69.6 Å². The monoisotopic (exact) mass is 262 g/mol. The predicted molar refractivity (Wildman–Crippen MR) is 70.8 cm³/mol. The molecule has 5 heteroatoms. The van der Waals surface area contributed by atoms with Gasteiger partial charge in [0.15, 0.2) is 0 Å². The summed E-state index contributed by atoms with van der Waals surface area (Å²) in [5, 5.41) is 11.8. The van der Waals surface area contributed by atoms with Crippen molar-refractivity contribution < 1.29 is 14.7 Å². The molecule has 1 unspecified atom stereocenters. The van der Waals surface area contributed by atoms with Crippen molar-refractivity contribution in [2.75, 3.05) is 13.1 Å². The first-order valence-electron chi connectivity index (χ1n) is 6.27. The molecule has 1 heterocycles. The molecule has 1 aliphatic rings. The van der Waals surface area contributed by atoms with Crippen LogP contribution in [-0.2, 0) is 16.1 Å². The van der Waals surface area contributed by atoms with E-state index in [1.54, 1.807) is 4.90 Å². The molecule has 1 aromatic rings. The molecule has 102 valence electrons. The summed E-state index contributed by atoms with van der Waals surface area (Å²) in [4.78, 5) is 24.3. The zero-order valence-electron chi connectivity index (χ0n) is 11.1. The van der Waals surface area contributed by atoms with E-state index in [4.69, 9.17) is 0 Å². The Morgan fingerprint density at radius 2 is 2.16 bits per heavy atom. The van der Waals surface area contributed by atoms with E-state index in [0.717, 1.165) is 5.56 Å². The lowest BCUT2D eigenvalue weighted by molar-refractivity contribution is -0.146. The van der Waals surface area contributed by atoms with E-state index in [-0.39, 0.29) is 19.0 Å². The van der Waals surface area contributed by atoms with Crippen molar-refractivity contribution in [1.29, 1.82) is 0 Å². The number of nitrogens with one attached hydrogen (secondary N) is 1. The lowest BCUT2D eigenvalue weighted by atomic mass is 10.0. The van der Waals surface area contributed by atoms with E-state index in [0.29, 0.717) is 6.54 Å². The number of nitrogens with zero attached hydrogens (tertiary/aromatic N) is 1. The number of carbonyl (C=O) groups excluding carboxylic acids is 1. The minimum atomic E-state index is -0.899. The average Bonchev–Trinajstić information content (AvgIpc) is 2.33. The van der Waals surface area contributed by atoms with Crippen molar-refractivity contribution in [3.05, 3.63) is 34.9 Å². The van der Waals surface area contributed by atoms with Gasteiger partial charge < -0.3 is 10.4 Å². The lowest BCUT2D eigenvalue weighted by Crippen LogP contribution is -2.56. The second-order valence-corrected chi connectivity index (χ2v) is 4.98. The van der Waals surface area contributed by atoms with Gasteiger partial charge in [0.25, 0.3) is 0 Å². The van der Waals surface area contributed by atoms with Crippen molar-refractivity contribution >= 4 is 11.9 Å². The standard InChI is InChI=1S/C14H18N2O3/c1-9-3-4-11(5-10(9)2)7-16-8-13(17)15-6-12(16)14(18)19/h3-5,12H,6-8H2,1-2H3,(H,15,17)(H,18,19). The largest absolute Gasteiger partial charge is 0.480 e. The third-order valence-electron chi connectivity index (χ3n) is 3.52. The van der Waals surface area contributed by atoms with Crippen molar-refractivity contribution in [2.45, 2.75) is 26.4 Å². The quantitative estimate of drug-likeness (QED) is 0.841. The summed E-state index contributed by atoms with van der Waals surface area (Å²) < 4.78 is 0. The number of piperazine rings is 1. The lowest BCUT2D eigenvalue weighted by Gasteiger charge is -2.32. The van der Waals surface area contributed by atoms with E-state index in [9.17, 15) is 14.7 Å². The minimum absolute atomic E-state index is 0.124. The number of hydrogen-bond donors (Lipinski definition) is 2. The number of aliphatic carboxylic acids is 1. The highest BCUT2D eigenvalue weighted by molar-refractivity contribution is 5.83. The molecule has 1 aliphatic heterocycles. The summed E-state index contributed by atoms with van der Waals surface area (Å²) in [5.74, 6) is -1.02. The van der Waals surface area contributed by atoms with Crippen LogP contribution in [0.25, 0.3) is 0 Å². The summed E-state index contributed by atoms with van der Waals surface area (Å²) in [6, 6.07) is 5.39. The number of hydrogen-bond acceptors (Lipinski definition) is 3. The molecule has 0 bridgehead atoms. The Kier molecular flexibility index (Phi) is 3.85. The Balaban J connectivity index is 2.16. The smallest absolute Gasteiger partial charge is 0.322 e. The van der Waals surface area contributed by atoms with Crippen LogP contribution in [0.2, 0.25) is 0 Å². The third kappa shape index (κ3) is 3.12. The molecule has 1 aromatic carbocycles. The van der Waals surface area contributed by atoms with Crippen molar-refractivity contribution in [3.8, 4) is 0 Å². The maximum atomic E-state index is 11.4. The number of aryl methyl sites for hydroxylation is 2. The zero-order chi connectivity index (χ0) is 14.0. The van der Waals surface area contributed by atoms with Crippen LogP contribution in [0, 0.1) is 13.8 Å². The maximum Gasteiger partial charge on any atom is 0.322 e. The molecule has 0 saturated carbocycles. The summed E-state index contributed by atoms with van der Waals surface area (Å²) in [5.41, 5.74) is 3.41. The van der Waals surface area contributed by atoms with Crippen LogP contribution in [0.15, 0.2) is 18.2 Å². The van der Waals surface area contributed by atoms with E-state index in [1.807, 2.05) is 32.0 Å². The van der Waals surface area contributed by atoms with Crippen molar-refractivity contribution in [2.24, 2.45) is 0 Å². The first kappa shape index (κ1) is 13.5. The van der Waals surface area contributed by atoms with E-state index >= 15 is 0 Å². The Morgan fingerprint density at radius 3 is 2.79 bits per heavy atom. The van der Waals surface area contributed by atoms with Gasteiger partial charge in [0.05, 0.1) is 6.54 Å². The molecule has 19 heavy (non-hydrogen) atoms. The fourth-order valence-electron chi connectivity index (χ4n) is 2.24. The molecule has 1 saturated heterocycles. The SMILES string of the molecule is Cc1ccc(CN2CC(=O)NCC2C(=O)O)cc1C. The fourth-order valence-corrected chi connectivity index (χ4v) is 2.24. The summed E-state index contributed by atoms with van der Waals surface area (Å²) in [6.45, 7) is 4.83. The Morgan fingerprint density at radius 1 is 1.42 bits per heavy atom. The van der Waals surface area contributed by atoms with Gasteiger partial charge >= 0.3 is 5.97 Å². The number of carboxylic acid groups (broad SMARTS) is 1. The Bertz CT molecular complexity index is 513. The molecular weight excluding hydrogens is 244 g/mol. The van der Waals surface area contributed by atoms with Gasteiger partial charge in [-0.2, -0.15) is 0 Å². The number of carbonyl (C=O) groups is 2. The van der Waals surface area contributed by atoms with Crippen LogP contribution >= 0.6 is 0 Å². The molecule has 2 N–H and O–H groups in total. The average molecular weight is 262 g/mol. The Hall–Kier alpha value is -1.88. The second-order valence-electron chi connectivity index (χ2n) is 4.98. The fraction of sp³-hybridized carbons (Fsp3) is 0.429. The van der Waals surface area contributed by atoms with E-state index in [1.165, 1.54) is 11.1 Å². The first-order chi connectivity index (χ1) is 8.97. The van der Waals surface area contributed by atoms with Crippen LogP contribution in [0.3, 0.4) is 0 Å². The highest BCUT2D eigenvalue weighted by Crippen LogP contribution is 2.14. The van der Waals surface area contributed by atoms with Crippen molar-refractivity contribution in [3.63, 3.8) is 0 Å². The van der Waals surface area contributed by atoms with Crippen LogP contribution in [0.5, 0.6) is 0 Å². The molecule has 5 nitrogen and oxygen atoms in total. The number of rotatable bonds is 3. The summed E-state index contributed by atoms with van der Waals surface area (Å²) in [6.07, 6.45) is 0. The minimum Gasteiger partial charge on any atom is -0.480 e. The van der Waals surface area contributed by atoms with Crippen LogP contribution in [-0.4, -0.2) is 41.0 Å². The van der Waals surface area contributed by atoms with E-state index < -0.39 is 12.0 Å². The number of carboxylic acids is 1. The van der Waals surface area contributed by atoms with Crippen LogP contribution in [0.1, 0.15) is 16.7 Å². The Labute approximate surface area is 112 Å². The second kappa shape index (κ2) is 5.40. The predicted octanol–water partition coefficient (Wildman–Crippen LogP) is 0.688. The van der Waals surface area contributed by atoms with Gasteiger partial charge in [0.1, 0.15) is 6.04 Å². The van der Waals surface area contributed by atoms with Gasteiger partial charge in [0, 0.05) is 13.1 Å². The molecule has 1 fully saturated rings. The zero-order valence-corrected chi connectivity index (χ0v) is 11.1. The number of benzene rings is 1. The van der Waals surface area contributed by atoms with Gasteiger partial charge in [-0.05, 0) is 30.5 Å². The highest BCUT2D eigenvalue weighted by Gasteiger charge is 2.31. The van der Waals surface area contributed by atoms with E-state index in [2.05, 4.69) is 5.32 Å². The van der Waals surface area contributed by atoms with Gasteiger partial charge in [-0.15, -0.1) is 0 Å². The highest BCUT2D eigenvalue weighted by atomic mass is 16.4. The van der Waals surface area contributed by atoms with Gasteiger partial charge in [-0.25, -0.2) is 0 Å². The van der Waals surface area contributed by atoms with Gasteiger partial charge in [-0.3, -0.25) is 14.5 Å². The molecule has 0 radical (unpaired) electrons. The van der Waals surface area contributed by atoms with Crippen LogP contribution < -0.4 is 5.32 Å².